The first kappa shape index (κ1) is 16.2. The molecule has 5 heteroatoms. The highest BCUT2D eigenvalue weighted by Crippen LogP contribution is 2.11. The van der Waals surface area contributed by atoms with Gasteiger partial charge in [-0.3, -0.25) is 4.79 Å². The van der Waals surface area contributed by atoms with E-state index in [1.54, 1.807) is 16.9 Å². The highest BCUT2D eigenvalue weighted by atomic mass is 79.9. The first-order chi connectivity index (χ1) is 9.12. The highest BCUT2D eigenvalue weighted by Gasteiger charge is 2.07. The molecule has 0 aliphatic heterocycles. The van der Waals surface area contributed by atoms with E-state index in [0.717, 1.165) is 36.9 Å². The molecule has 0 spiro atoms. The number of hydrogen-bond donors (Lipinski definition) is 0. The average Bonchev–Trinajstić information content (AvgIpc) is 2.39. The van der Waals surface area contributed by atoms with Crippen molar-refractivity contribution in [3.8, 4) is 0 Å². The third-order valence-electron chi connectivity index (χ3n) is 3.42. The first-order valence-electron chi connectivity index (χ1n) is 7.00. The van der Waals surface area contributed by atoms with Gasteiger partial charge in [-0.25, -0.2) is 4.68 Å². The van der Waals surface area contributed by atoms with E-state index in [4.69, 9.17) is 0 Å². The molecule has 1 rings (SSSR count). The molecule has 1 heterocycles. The summed E-state index contributed by atoms with van der Waals surface area (Å²) < 4.78 is 1.57. The molecule has 0 amide bonds. The Morgan fingerprint density at radius 3 is 2.58 bits per heavy atom. The van der Waals surface area contributed by atoms with Crippen molar-refractivity contribution >= 4 is 21.6 Å². The summed E-state index contributed by atoms with van der Waals surface area (Å²) in [6.07, 6.45) is 3.92. The van der Waals surface area contributed by atoms with Gasteiger partial charge in [0.05, 0.1) is 11.9 Å². The standard InChI is InChI=1S/C14H24BrN3O/c1-4-17(5-2)13-10-14(19)18(16-11-13)9-7-12(3)6-8-15/h10-12H,4-9H2,1-3H3. The third-order valence-corrected chi connectivity index (χ3v) is 3.88. The van der Waals surface area contributed by atoms with E-state index >= 15 is 0 Å². The van der Waals surface area contributed by atoms with E-state index in [1.807, 2.05) is 0 Å². The van der Waals surface area contributed by atoms with E-state index in [-0.39, 0.29) is 5.56 Å². The molecule has 0 bridgehead atoms. The van der Waals surface area contributed by atoms with Gasteiger partial charge in [0.1, 0.15) is 0 Å². The number of aromatic nitrogens is 2. The molecule has 1 unspecified atom stereocenters. The molecule has 1 atom stereocenters. The highest BCUT2D eigenvalue weighted by molar-refractivity contribution is 9.09. The summed E-state index contributed by atoms with van der Waals surface area (Å²) >= 11 is 3.44. The summed E-state index contributed by atoms with van der Waals surface area (Å²) in [6.45, 7) is 8.85. The second kappa shape index (κ2) is 8.35. The van der Waals surface area contributed by atoms with Gasteiger partial charge in [0.25, 0.3) is 5.56 Å². The van der Waals surface area contributed by atoms with Crippen molar-refractivity contribution in [2.45, 2.75) is 40.2 Å². The summed E-state index contributed by atoms with van der Waals surface area (Å²) in [7, 11) is 0. The quantitative estimate of drug-likeness (QED) is 0.688. The van der Waals surface area contributed by atoms with Gasteiger partial charge < -0.3 is 4.90 Å². The van der Waals surface area contributed by atoms with Crippen molar-refractivity contribution in [2.75, 3.05) is 23.3 Å². The maximum Gasteiger partial charge on any atom is 0.268 e. The Labute approximate surface area is 123 Å². The topological polar surface area (TPSA) is 38.1 Å². The molecule has 1 aromatic rings. The minimum Gasteiger partial charge on any atom is -0.371 e. The van der Waals surface area contributed by atoms with Crippen LogP contribution in [0.5, 0.6) is 0 Å². The maximum atomic E-state index is 12.0. The Bertz CT molecular complexity index is 429. The molecule has 0 N–H and O–H groups in total. The van der Waals surface area contributed by atoms with E-state index in [2.05, 4.69) is 46.7 Å². The minimum atomic E-state index is -0.00422. The van der Waals surface area contributed by atoms with Gasteiger partial charge in [-0.1, -0.05) is 22.9 Å². The van der Waals surface area contributed by atoms with Crippen LogP contribution in [0, 0.1) is 5.92 Å². The molecule has 0 fully saturated rings. The zero-order valence-electron chi connectivity index (χ0n) is 12.1. The van der Waals surface area contributed by atoms with E-state index < -0.39 is 0 Å². The van der Waals surface area contributed by atoms with Crippen molar-refractivity contribution in [1.29, 1.82) is 0 Å². The molecule has 0 aliphatic carbocycles. The van der Waals surface area contributed by atoms with Crippen LogP contribution in [-0.2, 0) is 6.54 Å². The number of hydrogen-bond acceptors (Lipinski definition) is 3. The van der Waals surface area contributed by atoms with Crippen molar-refractivity contribution in [1.82, 2.24) is 9.78 Å². The lowest BCUT2D eigenvalue weighted by atomic mass is 10.1. The monoisotopic (exact) mass is 329 g/mol. The van der Waals surface area contributed by atoms with E-state index in [0.29, 0.717) is 12.5 Å². The van der Waals surface area contributed by atoms with Gasteiger partial charge in [-0.2, -0.15) is 5.10 Å². The molecule has 19 heavy (non-hydrogen) atoms. The first-order valence-corrected chi connectivity index (χ1v) is 8.12. The number of nitrogens with zero attached hydrogens (tertiary/aromatic N) is 3. The second-order valence-electron chi connectivity index (χ2n) is 4.82. The van der Waals surface area contributed by atoms with Crippen molar-refractivity contribution in [3.05, 3.63) is 22.6 Å². The lowest BCUT2D eigenvalue weighted by Crippen LogP contribution is -2.28. The smallest absolute Gasteiger partial charge is 0.268 e. The summed E-state index contributed by atoms with van der Waals surface area (Å²) in [5.74, 6) is 0.607. The molecule has 0 saturated carbocycles. The van der Waals surface area contributed by atoms with Crippen LogP contribution in [0.25, 0.3) is 0 Å². The van der Waals surface area contributed by atoms with Crippen LogP contribution in [0.3, 0.4) is 0 Å². The van der Waals surface area contributed by atoms with E-state index in [9.17, 15) is 4.79 Å². The predicted octanol–water partition coefficient (Wildman–Crippen LogP) is 2.90. The molecule has 0 saturated heterocycles. The maximum absolute atomic E-state index is 12.0. The minimum absolute atomic E-state index is 0.00422. The van der Waals surface area contributed by atoms with Gasteiger partial charge in [0.2, 0.25) is 0 Å². The fourth-order valence-electron chi connectivity index (χ4n) is 2.03. The summed E-state index contributed by atoms with van der Waals surface area (Å²) in [5, 5.41) is 5.29. The van der Waals surface area contributed by atoms with Gasteiger partial charge in [-0.05, 0) is 32.6 Å². The molecule has 0 radical (unpaired) electrons. The Morgan fingerprint density at radius 1 is 1.37 bits per heavy atom. The molecule has 0 aromatic carbocycles. The van der Waals surface area contributed by atoms with Gasteiger partial charge in [0, 0.05) is 31.0 Å². The zero-order chi connectivity index (χ0) is 14.3. The Kier molecular flexibility index (Phi) is 7.13. The normalized spacial score (nSPS) is 12.4. The third kappa shape index (κ3) is 4.97. The number of anilines is 1. The average molecular weight is 330 g/mol. The lowest BCUT2D eigenvalue weighted by molar-refractivity contribution is 0.440. The molecular formula is C14H24BrN3O. The molecule has 108 valence electrons. The fourth-order valence-corrected chi connectivity index (χ4v) is 2.81. The van der Waals surface area contributed by atoms with Gasteiger partial charge in [-0.15, -0.1) is 0 Å². The van der Waals surface area contributed by atoms with Crippen LogP contribution in [0.15, 0.2) is 17.1 Å². The Balaban J connectivity index is 2.70. The molecule has 0 aliphatic rings. The van der Waals surface area contributed by atoms with Crippen molar-refractivity contribution < 1.29 is 0 Å². The van der Waals surface area contributed by atoms with Crippen LogP contribution in [0.4, 0.5) is 5.69 Å². The van der Waals surface area contributed by atoms with Crippen LogP contribution in [0.2, 0.25) is 0 Å². The van der Waals surface area contributed by atoms with Crippen molar-refractivity contribution in [2.24, 2.45) is 5.92 Å². The number of rotatable bonds is 8. The summed E-state index contributed by atoms with van der Waals surface area (Å²) in [5.41, 5.74) is 0.912. The number of halogens is 1. The van der Waals surface area contributed by atoms with E-state index in [1.165, 1.54) is 0 Å². The Morgan fingerprint density at radius 2 is 2.05 bits per heavy atom. The largest absolute Gasteiger partial charge is 0.371 e. The van der Waals surface area contributed by atoms with Gasteiger partial charge >= 0.3 is 0 Å². The summed E-state index contributed by atoms with van der Waals surface area (Å²) in [4.78, 5) is 14.1. The zero-order valence-corrected chi connectivity index (χ0v) is 13.7. The molecular weight excluding hydrogens is 306 g/mol. The fraction of sp³-hybridized carbons (Fsp3) is 0.714. The van der Waals surface area contributed by atoms with Crippen LogP contribution in [0.1, 0.15) is 33.6 Å². The number of aryl methyl sites for hydroxylation is 1. The SMILES string of the molecule is CCN(CC)c1cnn(CCC(C)CCBr)c(=O)c1. The van der Waals surface area contributed by atoms with Crippen LogP contribution in [-0.4, -0.2) is 28.2 Å². The molecule has 4 nitrogen and oxygen atoms in total. The van der Waals surface area contributed by atoms with Crippen molar-refractivity contribution in [3.63, 3.8) is 0 Å². The molecule has 1 aromatic heterocycles. The van der Waals surface area contributed by atoms with Crippen LogP contribution < -0.4 is 10.5 Å². The van der Waals surface area contributed by atoms with Crippen LogP contribution >= 0.6 is 15.9 Å². The summed E-state index contributed by atoms with van der Waals surface area (Å²) in [6, 6.07) is 1.69. The second-order valence-corrected chi connectivity index (χ2v) is 5.61. The Hall–Kier alpha value is -0.840. The lowest BCUT2D eigenvalue weighted by Gasteiger charge is -2.20. The van der Waals surface area contributed by atoms with Gasteiger partial charge in [0.15, 0.2) is 0 Å². The number of alkyl halides is 1. The predicted molar refractivity (Wildman–Crippen MR) is 84.3 cm³/mol.